The fourth-order valence-electron chi connectivity index (χ4n) is 3.60. The standard InChI is InChI=1S/C24H31N3O3/c1-3-30-22-11-10-21(16-18(22)2)24(29)26-17-19-6-8-20(9-7-19)23(28)25-12-15-27-13-4-5-14-27/h6-11,16H,3-5,12-15,17H2,1-2H3,(H,25,28)(H,26,29). The van der Waals surface area contributed by atoms with E-state index in [0.717, 1.165) is 36.5 Å². The highest BCUT2D eigenvalue weighted by Gasteiger charge is 2.12. The fourth-order valence-corrected chi connectivity index (χ4v) is 3.60. The summed E-state index contributed by atoms with van der Waals surface area (Å²) < 4.78 is 5.51. The maximum atomic E-state index is 12.4. The van der Waals surface area contributed by atoms with Crippen LogP contribution in [0.3, 0.4) is 0 Å². The summed E-state index contributed by atoms with van der Waals surface area (Å²) in [7, 11) is 0. The van der Waals surface area contributed by atoms with Gasteiger partial charge >= 0.3 is 0 Å². The lowest BCUT2D eigenvalue weighted by Gasteiger charge is -2.14. The molecule has 0 unspecified atom stereocenters. The Morgan fingerprint density at radius 3 is 2.30 bits per heavy atom. The highest BCUT2D eigenvalue weighted by atomic mass is 16.5. The minimum absolute atomic E-state index is 0.0605. The first kappa shape index (κ1) is 21.8. The molecule has 0 radical (unpaired) electrons. The molecule has 2 amide bonds. The number of hydrogen-bond acceptors (Lipinski definition) is 4. The van der Waals surface area contributed by atoms with Crippen LogP contribution in [0.15, 0.2) is 42.5 Å². The second-order valence-electron chi connectivity index (χ2n) is 7.60. The topological polar surface area (TPSA) is 70.7 Å². The minimum Gasteiger partial charge on any atom is -0.494 e. The summed E-state index contributed by atoms with van der Waals surface area (Å²) in [5.74, 6) is 0.600. The van der Waals surface area contributed by atoms with Crippen molar-refractivity contribution in [2.24, 2.45) is 0 Å². The highest BCUT2D eigenvalue weighted by molar-refractivity contribution is 5.95. The van der Waals surface area contributed by atoms with Crippen LogP contribution in [0, 0.1) is 6.92 Å². The van der Waals surface area contributed by atoms with E-state index in [1.807, 2.05) is 38.1 Å². The van der Waals surface area contributed by atoms with Crippen LogP contribution in [0.1, 0.15) is 51.6 Å². The lowest BCUT2D eigenvalue weighted by Crippen LogP contribution is -2.33. The summed E-state index contributed by atoms with van der Waals surface area (Å²) in [6.45, 7) is 8.69. The first-order valence-corrected chi connectivity index (χ1v) is 10.7. The molecule has 6 nitrogen and oxygen atoms in total. The van der Waals surface area contributed by atoms with Crippen molar-refractivity contribution in [1.82, 2.24) is 15.5 Å². The van der Waals surface area contributed by atoms with Crippen molar-refractivity contribution < 1.29 is 14.3 Å². The number of likely N-dealkylation sites (tertiary alicyclic amines) is 1. The van der Waals surface area contributed by atoms with Gasteiger partial charge in [0.05, 0.1) is 6.61 Å². The Bertz CT molecular complexity index is 858. The molecular formula is C24H31N3O3. The maximum absolute atomic E-state index is 12.4. The molecule has 0 bridgehead atoms. The summed E-state index contributed by atoms with van der Waals surface area (Å²) in [4.78, 5) is 27.1. The number of carbonyl (C=O) groups excluding carboxylic acids is 2. The zero-order valence-electron chi connectivity index (χ0n) is 17.9. The Hall–Kier alpha value is -2.86. The van der Waals surface area contributed by atoms with E-state index in [4.69, 9.17) is 4.74 Å². The third-order valence-electron chi connectivity index (χ3n) is 5.32. The van der Waals surface area contributed by atoms with Crippen LogP contribution >= 0.6 is 0 Å². The van der Waals surface area contributed by atoms with Gasteiger partial charge in [-0.05, 0) is 81.2 Å². The van der Waals surface area contributed by atoms with E-state index in [9.17, 15) is 9.59 Å². The number of ether oxygens (including phenoxy) is 1. The van der Waals surface area contributed by atoms with Gasteiger partial charge < -0.3 is 20.3 Å². The van der Waals surface area contributed by atoms with Crippen LogP contribution in [-0.2, 0) is 6.54 Å². The molecule has 3 rings (SSSR count). The Morgan fingerprint density at radius 1 is 0.967 bits per heavy atom. The van der Waals surface area contributed by atoms with E-state index in [0.29, 0.717) is 30.8 Å². The summed E-state index contributed by atoms with van der Waals surface area (Å²) in [5.41, 5.74) is 3.11. The van der Waals surface area contributed by atoms with Gasteiger partial charge in [-0.25, -0.2) is 0 Å². The van der Waals surface area contributed by atoms with E-state index in [1.54, 1.807) is 18.2 Å². The molecule has 0 spiro atoms. The zero-order chi connectivity index (χ0) is 21.3. The molecule has 6 heteroatoms. The van der Waals surface area contributed by atoms with Gasteiger partial charge in [0.2, 0.25) is 0 Å². The van der Waals surface area contributed by atoms with Gasteiger partial charge in [0.25, 0.3) is 11.8 Å². The van der Waals surface area contributed by atoms with E-state index in [1.165, 1.54) is 12.8 Å². The largest absolute Gasteiger partial charge is 0.494 e. The van der Waals surface area contributed by atoms with Crippen molar-refractivity contribution in [3.63, 3.8) is 0 Å². The molecule has 30 heavy (non-hydrogen) atoms. The van der Waals surface area contributed by atoms with Gasteiger partial charge in [-0.2, -0.15) is 0 Å². The summed E-state index contributed by atoms with van der Waals surface area (Å²) >= 11 is 0. The second kappa shape index (κ2) is 10.8. The summed E-state index contributed by atoms with van der Waals surface area (Å²) in [6, 6.07) is 12.8. The second-order valence-corrected chi connectivity index (χ2v) is 7.60. The van der Waals surface area contributed by atoms with Gasteiger partial charge in [-0.1, -0.05) is 12.1 Å². The van der Waals surface area contributed by atoms with Gasteiger partial charge in [0, 0.05) is 30.8 Å². The van der Waals surface area contributed by atoms with Crippen molar-refractivity contribution in [2.45, 2.75) is 33.2 Å². The molecule has 2 N–H and O–H groups in total. The Morgan fingerprint density at radius 2 is 1.63 bits per heavy atom. The zero-order valence-corrected chi connectivity index (χ0v) is 17.9. The first-order chi connectivity index (χ1) is 14.6. The quantitative estimate of drug-likeness (QED) is 0.668. The first-order valence-electron chi connectivity index (χ1n) is 10.7. The van der Waals surface area contributed by atoms with E-state index >= 15 is 0 Å². The molecule has 0 aromatic heterocycles. The fraction of sp³-hybridized carbons (Fsp3) is 0.417. The predicted molar refractivity (Wildman–Crippen MR) is 118 cm³/mol. The Kier molecular flexibility index (Phi) is 7.85. The molecule has 0 atom stereocenters. The summed E-state index contributed by atoms with van der Waals surface area (Å²) in [6.07, 6.45) is 2.51. The smallest absolute Gasteiger partial charge is 0.251 e. The molecule has 1 heterocycles. The van der Waals surface area contributed by atoms with Gasteiger partial charge in [0.15, 0.2) is 0 Å². The average molecular weight is 410 g/mol. The monoisotopic (exact) mass is 409 g/mol. The van der Waals surface area contributed by atoms with E-state index < -0.39 is 0 Å². The van der Waals surface area contributed by atoms with Gasteiger partial charge in [-0.15, -0.1) is 0 Å². The van der Waals surface area contributed by atoms with Gasteiger partial charge in [-0.3, -0.25) is 9.59 Å². The normalized spacial score (nSPS) is 13.8. The highest BCUT2D eigenvalue weighted by Crippen LogP contribution is 2.19. The van der Waals surface area contributed by atoms with Crippen LogP contribution in [0.5, 0.6) is 5.75 Å². The number of carbonyl (C=O) groups is 2. The molecule has 160 valence electrons. The summed E-state index contributed by atoms with van der Waals surface area (Å²) in [5, 5.41) is 5.90. The molecule has 2 aromatic rings. The Balaban J connectivity index is 1.46. The third-order valence-corrected chi connectivity index (χ3v) is 5.32. The molecule has 0 aliphatic carbocycles. The van der Waals surface area contributed by atoms with Crippen LogP contribution in [0.2, 0.25) is 0 Å². The number of nitrogens with one attached hydrogen (secondary N) is 2. The molecule has 1 saturated heterocycles. The third kappa shape index (κ3) is 6.07. The van der Waals surface area contributed by atoms with Crippen molar-refractivity contribution in [3.05, 3.63) is 64.7 Å². The molecule has 1 fully saturated rings. The maximum Gasteiger partial charge on any atom is 0.251 e. The Labute approximate surface area is 178 Å². The lowest BCUT2D eigenvalue weighted by atomic mass is 10.1. The number of rotatable bonds is 9. The van der Waals surface area contributed by atoms with E-state index in [-0.39, 0.29) is 11.8 Å². The van der Waals surface area contributed by atoms with Crippen molar-refractivity contribution in [1.29, 1.82) is 0 Å². The van der Waals surface area contributed by atoms with Crippen LogP contribution in [0.25, 0.3) is 0 Å². The molecule has 1 aliphatic rings. The number of nitrogens with zero attached hydrogens (tertiary/aromatic N) is 1. The molecule has 2 aromatic carbocycles. The van der Waals surface area contributed by atoms with E-state index in [2.05, 4.69) is 15.5 Å². The molecular weight excluding hydrogens is 378 g/mol. The predicted octanol–water partition coefficient (Wildman–Crippen LogP) is 3.15. The number of aryl methyl sites for hydroxylation is 1. The van der Waals surface area contributed by atoms with Crippen LogP contribution in [0.4, 0.5) is 0 Å². The van der Waals surface area contributed by atoms with Crippen LogP contribution < -0.4 is 15.4 Å². The molecule has 1 aliphatic heterocycles. The van der Waals surface area contributed by atoms with Gasteiger partial charge in [0.1, 0.15) is 5.75 Å². The number of hydrogen-bond donors (Lipinski definition) is 2. The molecule has 0 saturated carbocycles. The number of benzene rings is 2. The van der Waals surface area contributed by atoms with Crippen LogP contribution in [-0.4, -0.2) is 49.5 Å². The number of amides is 2. The van der Waals surface area contributed by atoms with Crippen molar-refractivity contribution in [3.8, 4) is 5.75 Å². The average Bonchev–Trinajstić information content (AvgIpc) is 3.27. The van der Waals surface area contributed by atoms with Crippen molar-refractivity contribution >= 4 is 11.8 Å². The minimum atomic E-state index is -0.134. The SMILES string of the molecule is CCOc1ccc(C(=O)NCc2ccc(C(=O)NCCN3CCCC3)cc2)cc1C. The lowest BCUT2D eigenvalue weighted by molar-refractivity contribution is 0.0941. The van der Waals surface area contributed by atoms with Crippen molar-refractivity contribution in [2.75, 3.05) is 32.8 Å².